The van der Waals surface area contributed by atoms with Gasteiger partial charge in [-0.1, -0.05) is 18.2 Å². The lowest BCUT2D eigenvalue weighted by atomic mass is 10.1. The smallest absolute Gasteiger partial charge is 0.253 e. The van der Waals surface area contributed by atoms with Crippen molar-refractivity contribution >= 4 is 11.6 Å². The fourth-order valence-electron chi connectivity index (χ4n) is 3.59. The summed E-state index contributed by atoms with van der Waals surface area (Å²) < 4.78 is 0. The molecule has 0 aromatic heterocycles. The molecular weight excluding hydrogens is 300 g/mol. The number of amides is 1. The molecule has 5 nitrogen and oxygen atoms in total. The van der Waals surface area contributed by atoms with Crippen LogP contribution in [0.25, 0.3) is 0 Å². The van der Waals surface area contributed by atoms with E-state index in [0.717, 1.165) is 43.1 Å². The normalized spacial score (nSPS) is 22.6. The van der Waals surface area contributed by atoms with Gasteiger partial charge in [-0.3, -0.25) is 14.7 Å². The maximum absolute atomic E-state index is 13.1. The Kier molecular flexibility index (Phi) is 4.92. The van der Waals surface area contributed by atoms with Gasteiger partial charge in [-0.05, 0) is 39.8 Å². The lowest BCUT2D eigenvalue weighted by Crippen LogP contribution is -2.51. The molecule has 24 heavy (non-hydrogen) atoms. The molecule has 0 radical (unpaired) electrons. The second-order valence-corrected chi connectivity index (χ2v) is 6.94. The minimum absolute atomic E-state index is 0.0286. The molecule has 0 spiro atoms. The van der Waals surface area contributed by atoms with Gasteiger partial charge < -0.3 is 4.90 Å². The number of anilines is 1. The summed E-state index contributed by atoms with van der Waals surface area (Å²) >= 11 is 0. The number of nitrogens with zero attached hydrogens (tertiary/aromatic N) is 3. The van der Waals surface area contributed by atoms with Crippen LogP contribution < -0.4 is 10.4 Å². The van der Waals surface area contributed by atoms with Crippen molar-refractivity contribution in [3.8, 4) is 0 Å². The first-order valence-corrected chi connectivity index (χ1v) is 8.84. The summed E-state index contributed by atoms with van der Waals surface area (Å²) in [5, 5.41) is 2.03. The Hall–Kier alpha value is -1.85. The van der Waals surface area contributed by atoms with Gasteiger partial charge in [-0.2, -0.15) is 0 Å². The molecule has 3 rings (SSSR count). The number of allylic oxidation sites excluding steroid dienone is 1. The Balaban J connectivity index is 1.75. The van der Waals surface area contributed by atoms with Gasteiger partial charge in [0, 0.05) is 37.9 Å². The lowest BCUT2D eigenvalue weighted by Gasteiger charge is -2.37. The van der Waals surface area contributed by atoms with Gasteiger partial charge >= 0.3 is 0 Å². The van der Waals surface area contributed by atoms with Crippen molar-refractivity contribution in [2.45, 2.75) is 39.8 Å². The van der Waals surface area contributed by atoms with E-state index in [1.165, 1.54) is 0 Å². The molecule has 1 aromatic rings. The standard InChI is InChI=1S/C19H28N4O/c1-14(2)21-10-12-22(13-11-21)19(24)18-15(3)20-23(16(18)4)17-8-6-5-7-9-17/h5-9,14-15,20H,10-13H2,1-4H3. The fourth-order valence-corrected chi connectivity index (χ4v) is 3.59. The Morgan fingerprint density at radius 1 is 1.12 bits per heavy atom. The second kappa shape index (κ2) is 6.95. The van der Waals surface area contributed by atoms with Crippen molar-refractivity contribution in [1.82, 2.24) is 15.2 Å². The number of hydrogen-bond donors (Lipinski definition) is 1. The molecule has 0 saturated carbocycles. The third-order valence-electron chi connectivity index (χ3n) is 5.06. The van der Waals surface area contributed by atoms with E-state index in [1.54, 1.807) is 0 Å². The third kappa shape index (κ3) is 3.19. The van der Waals surface area contributed by atoms with Crippen LogP contribution in [0.5, 0.6) is 0 Å². The van der Waals surface area contributed by atoms with Crippen molar-refractivity contribution in [1.29, 1.82) is 0 Å². The highest BCUT2D eigenvalue weighted by molar-refractivity contribution is 5.97. The van der Waals surface area contributed by atoms with Gasteiger partial charge in [-0.25, -0.2) is 5.43 Å². The van der Waals surface area contributed by atoms with Crippen molar-refractivity contribution < 1.29 is 4.79 Å². The molecule has 0 aliphatic carbocycles. The molecule has 5 heteroatoms. The molecule has 2 aliphatic heterocycles. The first-order chi connectivity index (χ1) is 11.5. The number of hydrazine groups is 1. The number of carbonyl (C=O) groups excluding carboxylic acids is 1. The predicted octanol–water partition coefficient (Wildman–Crippen LogP) is 2.23. The topological polar surface area (TPSA) is 38.8 Å². The Morgan fingerprint density at radius 2 is 1.75 bits per heavy atom. The summed E-state index contributed by atoms with van der Waals surface area (Å²) in [4.78, 5) is 17.5. The van der Waals surface area contributed by atoms with E-state index in [2.05, 4.69) is 43.2 Å². The number of piperazine rings is 1. The average molecular weight is 328 g/mol. The lowest BCUT2D eigenvalue weighted by molar-refractivity contribution is -0.129. The zero-order valence-corrected chi connectivity index (χ0v) is 15.1. The number of para-hydroxylation sites is 1. The van der Waals surface area contributed by atoms with Crippen molar-refractivity contribution in [2.24, 2.45) is 0 Å². The highest BCUT2D eigenvalue weighted by atomic mass is 16.2. The van der Waals surface area contributed by atoms with E-state index in [4.69, 9.17) is 0 Å². The summed E-state index contributed by atoms with van der Waals surface area (Å²) in [6.07, 6.45) is 0. The molecule has 1 unspecified atom stereocenters. The van der Waals surface area contributed by atoms with E-state index in [-0.39, 0.29) is 11.9 Å². The van der Waals surface area contributed by atoms with Crippen LogP contribution in [0.2, 0.25) is 0 Å². The van der Waals surface area contributed by atoms with Crippen LogP contribution in [0.1, 0.15) is 27.7 Å². The Labute approximate surface area is 144 Å². The summed E-state index contributed by atoms with van der Waals surface area (Å²) in [5.41, 5.74) is 6.37. The fraction of sp³-hybridized carbons (Fsp3) is 0.526. The number of rotatable bonds is 3. The van der Waals surface area contributed by atoms with Crippen LogP contribution in [-0.4, -0.2) is 54.0 Å². The predicted molar refractivity (Wildman–Crippen MR) is 97.5 cm³/mol. The number of benzene rings is 1. The van der Waals surface area contributed by atoms with E-state index in [9.17, 15) is 4.79 Å². The molecule has 1 aromatic carbocycles. The van der Waals surface area contributed by atoms with Crippen LogP contribution in [0.15, 0.2) is 41.6 Å². The third-order valence-corrected chi connectivity index (χ3v) is 5.06. The first-order valence-electron chi connectivity index (χ1n) is 8.84. The monoisotopic (exact) mass is 328 g/mol. The average Bonchev–Trinajstić information content (AvgIpc) is 2.89. The Bertz CT molecular complexity index is 618. The molecule has 0 bridgehead atoms. The summed E-state index contributed by atoms with van der Waals surface area (Å²) in [7, 11) is 0. The first kappa shape index (κ1) is 17.0. The zero-order chi connectivity index (χ0) is 17.3. The maximum Gasteiger partial charge on any atom is 0.253 e. The van der Waals surface area contributed by atoms with Gasteiger partial charge in [0.05, 0.1) is 17.3 Å². The number of nitrogens with one attached hydrogen (secondary N) is 1. The molecule has 1 N–H and O–H groups in total. The summed E-state index contributed by atoms with van der Waals surface area (Å²) in [6.45, 7) is 12.1. The molecule has 130 valence electrons. The number of carbonyl (C=O) groups is 1. The van der Waals surface area contributed by atoms with Gasteiger partial charge in [0.15, 0.2) is 0 Å². The molecule has 1 atom stereocenters. The van der Waals surface area contributed by atoms with Crippen molar-refractivity contribution in [3.63, 3.8) is 0 Å². The SMILES string of the molecule is CC1=C(C(=O)N2CCN(C(C)C)CC2)C(C)NN1c1ccccc1. The van der Waals surface area contributed by atoms with Gasteiger partial charge in [0.2, 0.25) is 0 Å². The highest BCUT2D eigenvalue weighted by Crippen LogP contribution is 2.28. The number of hydrogen-bond acceptors (Lipinski definition) is 4. The maximum atomic E-state index is 13.1. The van der Waals surface area contributed by atoms with E-state index in [0.29, 0.717) is 6.04 Å². The molecule has 2 heterocycles. The van der Waals surface area contributed by atoms with Crippen LogP contribution in [0, 0.1) is 0 Å². The molecule has 2 aliphatic rings. The molecule has 1 saturated heterocycles. The Morgan fingerprint density at radius 3 is 2.33 bits per heavy atom. The minimum atomic E-state index is 0.0286. The van der Waals surface area contributed by atoms with Crippen LogP contribution >= 0.6 is 0 Å². The van der Waals surface area contributed by atoms with E-state index in [1.807, 2.05) is 35.0 Å². The van der Waals surface area contributed by atoms with Gasteiger partial charge in [0.25, 0.3) is 5.91 Å². The molecule has 1 fully saturated rings. The quantitative estimate of drug-likeness (QED) is 0.923. The molecule has 1 amide bonds. The van der Waals surface area contributed by atoms with Crippen molar-refractivity contribution in [3.05, 3.63) is 41.6 Å². The summed E-state index contributed by atoms with van der Waals surface area (Å²) in [5.74, 6) is 0.175. The van der Waals surface area contributed by atoms with Crippen LogP contribution in [-0.2, 0) is 4.79 Å². The summed E-state index contributed by atoms with van der Waals surface area (Å²) in [6, 6.07) is 10.7. The highest BCUT2D eigenvalue weighted by Gasteiger charge is 2.34. The largest absolute Gasteiger partial charge is 0.336 e. The second-order valence-electron chi connectivity index (χ2n) is 6.94. The van der Waals surface area contributed by atoms with Gasteiger partial charge in [-0.15, -0.1) is 0 Å². The zero-order valence-electron chi connectivity index (χ0n) is 15.1. The van der Waals surface area contributed by atoms with Gasteiger partial charge in [0.1, 0.15) is 0 Å². The van der Waals surface area contributed by atoms with Crippen LogP contribution in [0.4, 0.5) is 5.69 Å². The minimum Gasteiger partial charge on any atom is -0.336 e. The van der Waals surface area contributed by atoms with Crippen molar-refractivity contribution in [2.75, 3.05) is 31.2 Å². The molecular formula is C19H28N4O. The van der Waals surface area contributed by atoms with E-state index >= 15 is 0 Å². The van der Waals surface area contributed by atoms with E-state index < -0.39 is 0 Å². The van der Waals surface area contributed by atoms with Crippen LogP contribution in [0.3, 0.4) is 0 Å².